The van der Waals surface area contributed by atoms with Gasteiger partial charge in [-0.1, -0.05) is 0 Å². The molecule has 4 nitrogen and oxygen atoms in total. The Balaban J connectivity index is 0.000000222. The summed E-state index contributed by atoms with van der Waals surface area (Å²) in [6.07, 6.45) is 14.2. The molecule has 0 aromatic rings. The van der Waals surface area contributed by atoms with Gasteiger partial charge in [0.15, 0.2) is 0 Å². The summed E-state index contributed by atoms with van der Waals surface area (Å²) in [5.41, 5.74) is 11.7. The molecule has 4 fully saturated rings. The van der Waals surface area contributed by atoms with Gasteiger partial charge in [-0.25, -0.2) is 0 Å². The van der Waals surface area contributed by atoms with Crippen molar-refractivity contribution in [1.82, 2.24) is 0 Å². The third kappa shape index (κ3) is 6.30. The highest BCUT2D eigenvalue weighted by molar-refractivity contribution is 4.72. The van der Waals surface area contributed by atoms with Crippen LogP contribution in [0.3, 0.4) is 0 Å². The Kier molecular flexibility index (Phi) is 10.5. The van der Waals surface area contributed by atoms with E-state index < -0.39 is 0 Å². The first-order chi connectivity index (χ1) is 10.7. The normalized spacial score (nSPS) is 36.8. The van der Waals surface area contributed by atoms with Crippen molar-refractivity contribution >= 4 is 0 Å². The van der Waals surface area contributed by atoms with E-state index in [1.807, 2.05) is 0 Å². The van der Waals surface area contributed by atoms with Crippen LogP contribution in [-0.2, 0) is 0 Å². The van der Waals surface area contributed by atoms with Gasteiger partial charge in [0.2, 0.25) is 0 Å². The van der Waals surface area contributed by atoms with Crippen molar-refractivity contribution in [3.05, 3.63) is 0 Å². The van der Waals surface area contributed by atoms with Crippen LogP contribution in [-0.4, -0.2) is 50.3 Å². The van der Waals surface area contributed by atoms with Crippen LogP contribution in [0, 0.1) is 0 Å². The molecule has 4 unspecified atom stereocenters. The third-order valence-electron chi connectivity index (χ3n) is 6.59. The fourth-order valence-corrected chi connectivity index (χ4v) is 5.23. The smallest absolute Gasteiger partial charge is 0.0929 e. The van der Waals surface area contributed by atoms with Gasteiger partial charge < -0.3 is 46.1 Å². The molecule has 0 amide bonds. The second-order valence-electron chi connectivity index (χ2n) is 8.29. The Bertz CT molecular complexity index is 301. The first kappa shape index (κ1) is 22.5. The fraction of sp³-hybridized carbons (Fsp3) is 1.00. The van der Waals surface area contributed by atoms with E-state index in [2.05, 4.69) is 0 Å². The Morgan fingerprint density at radius 1 is 0.542 bits per heavy atom. The molecule has 0 aromatic carbocycles. The largest absolute Gasteiger partial charge is 1.00 e. The van der Waals surface area contributed by atoms with E-state index in [0.717, 1.165) is 12.1 Å². The summed E-state index contributed by atoms with van der Waals surface area (Å²) in [4.78, 5) is 3.60. The van der Waals surface area contributed by atoms with E-state index in [0.29, 0.717) is 12.1 Å². The average Bonchev–Trinajstić information content (AvgIpc) is 3.28. The molecule has 6 N–H and O–H groups in total. The van der Waals surface area contributed by atoms with E-state index in [-0.39, 0.29) is 24.8 Å². The van der Waals surface area contributed by atoms with E-state index >= 15 is 0 Å². The van der Waals surface area contributed by atoms with Crippen molar-refractivity contribution in [3.63, 3.8) is 0 Å². The summed E-state index contributed by atoms with van der Waals surface area (Å²) < 4.78 is 0. The Morgan fingerprint density at radius 3 is 1.12 bits per heavy atom. The van der Waals surface area contributed by atoms with Crippen molar-refractivity contribution < 1.29 is 34.6 Å². The summed E-state index contributed by atoms with van der Waals surface area (Å²) in [6.45, 7) is 5.16. The molecule has 2 aliphatic carbocycles. The van der Waals surface area contributed by atoms with Gasteiger partial charge in [0.1, 0.15) is 0 Å². The lowest BCUT2D eigenvalue weighted by Gasteiger charge is -2.19. The van der Waals surface area contributed by atoms with Crippen LogP contribution in [0.2, 0.25) is 0 Å². The zero-order valence-corrected chi connectivity index (χ0v) is 16.6. The average molecular weight is 381 g/mol. The fourth-order valence-electron chi connectivity index (χ4n) is 5.23. The minimum absolute atomic E-state index is 0. The van der Waals surface area contributed by atoms with Gasteiger partial charge in [0.25, 0.3) is 0 Å². The highest BCUT2D eigenvalue weighted by Crippen LogP contribution is 2.16. The predicted octanol–water partition coefficient (Wildman–Crippen LogP) is -6.90. The van der Waals surface area contributed by atoms with Crippen molar-refractivity contribution in [1.29, 1.82) is 0 Å². The van der Waals surface area contributed by atoms with E-state index in [4.69, 9.17) is 11.5 Å². The van der Waals surface area contributed by atoms with Gasteiger partial charge in [0.05, 0.1) is 50.3 Å². The molecule has 4 atom stereocenters. The summed E-state index contributed by atoms with van der Waals surface area (Å²) in [5.74, 6) is 0. The first-order valence-electron chi connectivity index (χ1n) is 9.92. The zero-order chi connectivity index (χ0) is 15.4. The minimum atomic E-state index is 0. The number of hydrogen-bond donors (Lipinski definition) is 4. The highest BCUT2D eigenvalue weighted by Gasteiger charge is 2.32. The molecule has 24 heavy (non-hydrogen) atoms. The van der Waals surface area contributed by atoms with Crippen LogP contribution in [0.15, 0.2) is 0 Å². The van der Waals surface area contributed by atoms with Crippen molar-refractivity contribution in [2.24, 2.45) is 11.5 Å². The van der Waals surface area contributed by atoms with Crippen molar-refractivity contribution in [3.8, 4) is 0 Å². The van der Waals surface area contributed by atoms with E-state index in [1.54, 1.807) is 9.80 Å². The van der Waals surface area contributed by atoms with E-state index in [1.165, 1.54) is 90.4 Å². The third-order valence-corrected chi connectivity index (χ3v) is 6.59. The van der Waals surface area contributed by atoms with Crippen LogP contribution < -0.4 is 46.1 Å². The molecule has 2 saturated heterocycles. The van der Waals surface area contributed by atoms with Crippen LogP contribution in [0.1, 0.15) is 64.2 Å². The minimum Gasteiger partial charge on any atom is -1.00 e. The van der Waals surface area contributed by atoms with E-state index in [9.17, 15) is 0 Å². The molecular formula is C18H38Cl2N4. The zero-order valence-electron chi connectivity index (χ0n) is 15.1. The number of likely N-dealkylation sites (tertiary alicyclic amines) is 2. The molecule has 0 bridgehead atoms. The molecule has 2 saturated carbocycles. The van der Waals surface area contributed by atoms with Crippen molar-refractivity contribution in [2.75, 3.05) is 26.2 Å². The van der Waals surface area contributed by atoms with Gasteiger partial charge in [-0.05, 0) is 51.4 Å². The summed E-state index contributed by atoms with van der Waals surface area (Å²) in [7, 11) is 0. The first-order valence-corrected chi connectivity index (χ1v) is 9.92. The van der Waals surface area contributed by atoms with Gasteiger partial charge in [-0.2, -0.15) is 0 Å². The predicted molar refractivity (Wildman–Crippen MR) is 91.1 cm³/mol. The molecule has 4 rings (SSSR count). The van der Waals surface area contributed by atoms with Crippen molar-refractivity contribution in [2.45, 2.75) is 88.4 Å². The maximum absolute atomic E-state index is 5.87. The molecule has 6 heteroatoms. The number of quaternary nitrogens is 2. The van der Waals surface area contributed by atoms with Gasteiger partial charge in [0, 0.05) is 12.8 Å². The molecule has 2 aliphatic heterocycles. The molecular weight excluding hydrogens is 343 g/mol. The lowest BCUT2D eigenvalue weighted by Crippen LogP contribution is -3.14. The van der Waals surface area contributed by atoms with Crippen LogP contribution in [0.4, 0.5) is 0 Å². The maximum atomic E-state index is 5.87. The van der Waals surface area contributed by atoms with Gasteiger partial charge in [-0.3, -0.25) is 0 Å². The van der Waals surface area contributed by atoms with Crippen LogP contribution in [0.25, 0.3) is 0 Å². The van der Waals surface area contributed by atoms with Gasteiger partial charge >= 0.3 is 0 Å². The number of nitrogens with two attached hydrogens (primary N) is 2. The second kappa shape index (κ2) is 11.2. The summed E-state index contributed by atoms with van der Waals surface area (Å²) >= 11 is 0. The lowest BCUT2D eigenvalue weighted by molar-refractivity contribution is -0.913. The second-order valence-corrected chi connectivity index (χ2v) is 8.29. The SMILES string of the molecule is NC1CC[NH+](C2CCCC2)C1.NC1CC[NH+](C2CCCC2)C1.[Cl-].[Cl-]. The number of hydrogen-bond acceptors (Lipinski definition) is 2. The van der Waals surface area contributed by atoms with Gasteiger partial charge in [-0.15, -0.1) is 0 Å². The topological polar surface area (TPSA) is 60.9 Å². The Morgan fingerprint density at radius 2 is 0.875 bits per heavy atom. The standard InChI is InChI=1S/2C9H18N2.2ClH/c2*10-8-5-6-11(7-8)9-3-1-2-4-9;;/h2*8-9H,1-7,10H2;2*1H. The highest BCUT2D eigenvalue weighted by atomic mass is 35.5. The number of rotatable bonds is 2. The summed E-state index contributed by atoms with van der Waals surface area (Å²) in [6, 6.07) is 2.96. The van der Waals surface area contributed by atoms with Crippen LogP contribution in [0.5, 0.6) is 0 Å². The summed E-state index contributed by atoms with van der Waals surface area (Å²) in [5, 5.41) is 0. The lowest BCUT2D eigenvalue weighted by atomic mass is 10.2. The maximum Gasteiger partial charge on any atom is 0.0929 e. The molecule has 144 valence electrons. The molecule has 2 heterocycles. The molecule has 0 aromatic heterocycles. The Labute approximate surface area is 160 Å². The molecule has 4 aliphatic rings. The number of halogens is 2. The number of nitrogens with one attached hydrogen (secondary N) is 2. The monoisotopic (exact) mass is 380 g/mol. The van der Waals surface area contributed by atoms with Crippen LogP contribution >= 0.6 is 0 Å². The quantitative estimate of drug-likeness (QED) is 0.384. The molecule has 0 spiro atoms. The molecule has 0 radical (unpaired) electrons. The Hall–Kier alpha value is 0.420.